The maximum absolute atomic E-state index is 12.7. The van der Waals surface area contributed by atoms with E-state index in [2.05, 4.69) is 4.72 Å². The molecule has 0 heterocycles. The Morgan fingerprint density at radius 3 is 2.38 bits per heavy atom. The first kappa shape index (κ1) is 18.1. The molecule has 120 valence electrons. The molecule has 3 N–H and O–H groups in total. The van der Waals surface area contributed by atoms with Gasteiger partial charge in [-0.3, -0.25) is 0 Å². The van der Waals surface area contributed by atoms with Crippen molar-refractivity contribution in [2.45, 2.75) is 45.2 Å². The molecule has 1 aromatic carbocycles. The molecule has 5 nitrogen and oxygen atoms in total. The second-order valence-electron chi connectivity index (χ2n) is 5.67. The molecule has 0 bridgehead atoms. The molecule has 0 saturated heterocycles. The van der Waals surface area contributed by atoms with Gasteiger partial charge in [0.1, 0.15) is 0 Å². The Kier molecular flexibility index (Phi) is 6.34. The van der Waals surface area contributed by atoms with Crippen LogP contribution >= 0.6 is 0 Å². The van der Waals surface area contributed by atoms with Gasteiger partial charge in [0.15, 0.2) is 0 Å². The minimum absolute atomic E-state index is 0.138. The third-order valence-corrected chi connectivity index (χ3v) is 5.28. The average molecular weight is 314 g/mol. The Bertz CT molecular complexity index is 583. The van der Waals surface area contributed by atoms with Crippen LogP contribution in [0.25, 0.3) is 0 Å². The monoisotopic (exact) mass is 314 g/mol. The highest BCUT2D eigenvalue weighted by molar-refractivity contribution is 7.89. The van der Waals surface area contributed by atoms with Crippen LogP contribution in [0, 0.1) is 19.8 Å². The molecule has 0 aliphatic rings. The van der Waals surface area contributed by atoms with Crippen LogP contribution in [0.2, 0.25) is 0 Å². The zero-order valence-electron chi connectivity index (χ0n) is 13.4. The number of nitrogens with one attached hydrogen (secondary N) is 1. The minimum Gasteiger partial charge on any atom is -0.383 e. The Morgan fingerprint density at radius 1 is 1.29 bits per heavy atom. The smallest absolute Gasteiger partial charge is 0.241 e. The second-order valence-corrected chi connectivity index (χ2v) is 7.35. The summed E-state index contributed by atoms with van der Waals surface area (Å²) in [6, 6.07) is 3.31. The van der Waals surface area contributed by atoms with E-state index in [1.54, 1.807) is 13.2 Å². The predicted octanol–water partition coefficient (Wildman–Crippen LogP) is 1.71. The molecule has 1 rings (SSSR count). The van der Waals surface area contributed by atoms with Crippen LogP contribution in [-0.2, 0) is 21.3 Å². The first-order valence-corrected chi connectivity index (χ1v) is 8.52. The van der Waals surface area contributed by atoms with Gasteiger partial charge < -0.3 is 10.5 Å². The Morgan fingerprint density at radius 2 is 1.90 bits per heavy atom. The molecule has 1 atom stereocenters. The largest absolute Gasteiger partial charge is 0.383 e. The van der Waals surface area contributed by atoms with E-state index in [9.17, 15) is 8.42 Å². The number of benzene rings is 1. The third kappa shape index (κ3) is 4.51. The highest BCUT2D eigenvalue weighted by Gasteiger charge is 2.24. The molecule has 0 fully saturated rings. The van der Waals surface area contributed by atoms with Gasteiger partial charge in [-0.15, -0.1) is 0 Å². The third-order valence-electron chi connectivity index (χ3n) is 3.66. The van der Waals surface area contributed by atoms with E-state index in [4.69, 9.17) is 10.5 Å². The van der Waals surface area contributed by atoms with Gasteiger partial charge in [-0.25, -0.2) is 13.1 Å². The van der Waals surface area contributed by atoms with Crippen LogP contribution in [0.3, 0.4) is 0 Å². The lowest BCUT2D eigenvalue weighted by atomic mass is 10.1. The van der Waals surface area contributed by atoms with Gasteiger partial charge in [-0.2, -0.15) is 0 Å². The highest BCUT2D eigenvalue weighted by atomic mass is 32.2. The van der Waals surface area contributed by atoms with Crippen molar-refractivity contribution >= 4 is 10.0 Å². The number of aryl methyl sites for hydroxylation is 1. The molecule has 21 heavy (non-hydrogen) atoms. The summed E-state index contributed by atoms with van der Waals surface area (Å²) in [6.45, 7) is 8.27. The van der Waals surface area contributed by atoms with Crippen LogP contribution in [0.15, 0.2) is 17.0 Å². The fraction of sp³-hybridized carbons (Fsp3) is 0.600. The van der Waals surface area contributed by atoms with Crippen molar-refractivity contribution in [3.8, 4) is 0 Å². The molecule has 0 amide bonds. The van der Waals surface area contributed by atoms with E-state index < -0.39 is 10.0 Å². The quantitative estimate of drug-likeness (QED) is 0.803. The molecular formula is C15H26N2O3S. The first-order chi connectivity index (χ1) is 9.72. The van der Waals surface area contributed by atoms with E-state index in [-0.39, 0.29) is 12.0 Å². The highest BCUT2D eigenvalue weighted by Crippen LogP contribution is 2.22. The standard InChI is InChI=1S/C15H26N2O3S/c1-10(2)14(9-20-5)17-21(18,19)15-7-13(8-16)6-11(3)12(15)4/h6-7,10,14,17H,8-9,16H2,1-5H3. The van der Waals surface area contributed by atoms with Crippen molar-refractivity contribution in [3.63, 3.8) is 0 Å². The van der Waals surface area contributed by atoms with Gasteiger partial charge in [0, 0.05) is 19.7 Å². The summed E-state index contributed by atoms with van der Waals surface area (Å²) in [4.78, 5) is 0.296. The van der Waals surface area contributed by atoms with Gasteiger partial charge in [-0.05, 0) is 42.5 Å². The molecule has 0 aromatic heterocycles. The molecule has 0 spiro atoms. The lowest BCUT2D eigenvalue weighted by Crippen LogP contribution is -2.41. The van der Waals surface area contributed by atoms with Gasteiger partial charge in [-0.1, -0.05) is 19.9 Å². The van der Waals surface area contributed by atoms with Crippen LogP contribution in [0.5, 0.6) is 0 Å². The SMILES string of the molecule is COCC(NS(=O)(=O)c1cc(CN)cc(C)c1C)C(C)C. The fourth-order valence-electron chi connectivity index (χ4n) is 2.10. The minimum atomic E-state index is -3.60. The van der Waals surface area contributed by atoms with Crippen molar-refractivity contribution in [1.29, 1.82) is 0 Å². The molecule has 0 radical (unpaired) electrons. The summed E-state index contributed by atoms with van der Waals surface area (Å²) in [5.41, 5.74) is 8.13. The molecule has 1 aromatic rings. The summed E-state index contributed by atoms with van der Waals surface area (Å²) in [6.07, 6.45) is 0. The fourth-order valence-corrected chi connectivity index (χ4v) is 3.84. The number of methoxy groups -OCH3 is 1. The lowest BCUT2D eigenvalue weighted by Gasteiger charge is -2.22. The van der Waals surface area contributed by atoms with Gasteiger partial charge >= 0.3 is 0 Å². The molecule has 0 aliphatic heterocycles. The molecule has 0 aliphatic carbocycles. The zero-order valence-corrected chi connectivity index (χ0v) is 14.3. The molecular weight excluding hydrogens is 288 g/mol. The van der Waals surface area contributed by atoms with Gasteiger partial charge in [0.05, 0.1) is 11.5 Å². The molecule has 1 unspecified atom stereocenters. The van der Waals surface area contributed by atoms with E-state index in [0.717, 1.165) is 16.7 Å². The van der Waals surface area contributed by atoms with Crippen molar-refractivity contribution in [3.05, 3.63) is 28.8 Å². The molecule has 0 saturated carbocycles. The van der Waals surface area contributed by atoms with E-state index in [1.165, 1.54) is 0 Å². The summed E-state index contributed by atoms with van der Waals surface area (Å²) in [7, 11) is -2.03. The molecule has 6 heteroatoms. The summed E-state index contributed by atoms with van der Waals surface area (Å²) < 4.78 is 33.1. The van der Waals surface area contributed by atoms with Crippen molar-refractivity contribution in [2.75, 3.05) is 13.7 Å². The van der Waals surface area contributed by atoms with Crippen molar-refractivity contribution in [1.82, 2.24) is 4.72 Å². The Hall–Kier alpha value is -0.950. The Balaban J connectivity index is 3.21. The maximum Gasteiger partial charge on any atom is 0.241 e. The summed E-state index contributed by atoms with van der Waals surface area (Å²) in [5.74, 6) is 0.138. The zero-order chi connectivity index (χ0) is 16.2. The van der Waals surface area contributed by atoms with E-state index in [0.29, 0.717) is 18.0 Å². The lowest BCUT2D eigenvalue weighted by molar-refractivity contribution is 0.157. The van der Waals surface area contributed by atoms with E-state index >= 15 is 0 Å². The van der Waals surface area contributed by atoms with Crippen LogP contribution in [-0.4, -0.2) is 28.2 Å². The predicted molar refractivity (Wildman–Crippen MR) is 84.6 cm³/mol. The van der Waals surface area contributed by atoms with Gasteiger partial charge in [0.2, 0.25) is 10.0 Å². The number of sulfonamides is 1. The second kappa shape index (κ2) is 7.35. The first-order valence-electron chi connectivity index (χ1n) is 7.04. The number of nitrogens with two attached hydrogens (primary N) is 1. The van der Waals surface area contributed by atoms with Crippen molar-refractivity contribution < 1.29 is 13.2 Å². The van der Waals surface area contributed by atoms with Crippen LogP contribution in [0.4, 0.5) is 0 Å². The van der Waals surface area contributed by atoms with Crippen molar-refractivity contribution in [2.24, 2.45) is 11.7 Å². The normalized spacial score (nSPS) is 13.7. The number of ether oxygens (including phenoxy) is 1. The summed E-state index contributed by atoms with van der Waals surface area (Å²) >= 11 is 0. The Labute approximate surface area is 127 Å². The van der Waals surface area contributed by atoms with Gasteiger partial charge in [0.25, 0.3) is 0 Å². The average Bonchev–Trinajstić information content (AvgIpc) is 2.40. The number of rotatable bonds is 7. The number of hydrogen-bond donors (Lipinski definition) is 2. The topological polar surface area (TPSA) is 81.4 Å². The number of hydrogen-bond acceptors (Lipinski definition) is 4. The summed E-state index contributed by atoms with van der Waals surface area (Å²) in [5, 5.41) is 0. The van der Waals surface area contributed by atoms with Crippen LogP contribution in [0.1, 0.15) is 30.5 Å². The van der Waals surface area contributed by atoms with Crippen LogP contribution < -0.4 is 10.5 Å². The maximum atomic E-state index is 12.7. The van der Waals surface area contributed by atoms with E-state index in [1.807, 2.05) is 33.8 Å².